The Balaban J connectivity index is 3.00. The quantitative estimate of drug-likeness (QED) is 0.766. The Morgan fingerprint density at radius 3 is 2.71 bits per heavy atom. The molecule has 0 bridgehead atoms. The molecule has 14 heavy (non-hydrogen) atoms. The van der Waals surface area contributed by atoms with Crippen LogP contribution in [0.4, 0.5) is 0 Å². The summed E-state index contributed by atoms with van der Waals surface area (Å²) in [6.07, 6.45) is 0.709. The normalized spacial score (nSPS) is 12.5. The van der Waals surface area contributed by atoms with E-state index in [1.54, 1.807) is 13.0 Å². The third kappa shape index (κ3) is 2.57. The molecule has 3 N–H and O–H groups in total. The van der Waals surface area contributed by atoms with Gasteiger partial charge in [-0.2, -0.15) is 0 Å². The minimum absolute atomic E-state index is 0.0550. The predicted molar refractivity (Wildman–Crippen MR) is 55.5 cm³/mol. The van der Waals surface area contributed by atoms with Crippen molar-refractivity contribution in [2.75, 3.05) is 0 Å². The van der Waals surface area contributed by atoms with Gasteiger partial charge in [0.05, 0.1) is 5.56 Å². The van der Waals surface area contributed by atoms with Gasteiger partial charge in [0.25, 0.3) is 0 Å². The van der Waals surface area contributed by atoms with Crippen molar-refractivity contribution in [1.82, 2.24) is 0 Å². The Kier molecular flexibility index (Phi) is 3.25. The lowest BCUT2D eigenvalue weighted by Crippen LogP contribution is -2.18. The maximum absolute atomic E-state index is 10.8. The van der Waals surface area contributed by atoms with Crippen LogP contribution in [0.2, 0.25) is 0 Å². The molecule has 0 aromatic heterocycles. The van der Waals surface area contributed by atoms with E-state index in [9.17, 15) is 4.79 Å². The van der Waals surface area contributed by atoms with Crippen LogP contribution in [0.5, 0.6) is 0 Å². The van der Waals surface area contributed by atoms with Gasteiger partial charge in [-0.25, -0.2) is 4.79 Å². The van der Waals surface area contributed by atoms with Crippen molar-refractivity contribution in [3.05, 3.63) is 34.9 Å². The van der Waals surface area contributed by atoms with Crippen molar-refractivity contribution in [3.8, 4) is 0 Å². The molecule has 76 valence electrons. The van der Waals surface area contributed by atoms with Crippen LogP contribution in [0.25, 0.3) is 0 Å². The van der Waals surface area contributed by atoms with E-state index in [0.29, 0.717) is 12.0 Å². The highest BCUT2D eigenvalue weighted by molar-refractivity contribution is 5.89. The molecule has 3 heteroatoms. The van der Waals surface area contributed by atoms with E-state index < -0.39 is 5.97 Å². The van der Waals surface area contributed by atoms with Crippen LogP contribution in [0.15, 0.2) is 18.2 Å². The maximum Gasteiger partial charge on any atom is 0.335 e. The van der Waals surface area contributed by atoms with Gasteiger partial charge < -0.3 is 10.8 Å². The SMILES string of the molecule is Cc1ccc(CC(C)N)cc1C(=O)O. The molecule has 0 spiro atoms. The highest BCUT2D eigenvalue weighted by Crippen LogP contribution is 2.12. The number of hydrogen-bond donors (Lipinski definition) is 2. The molecule has 3 nitrogen and oxygen atoms in total. The van der Waals surface area contributed by atoms with Gasteiger partial charge >= 0.3 is 5.97 Å². The molecule has 0 radical (unpaired) electrons. The number of carbonyl (C=O) groups is 1. The standard InChI is InChI=1S/C11H15NO2/c1-7-3-4-9(5-8(2)12)6-10(7)11(13)14/h3-4,6,8H,5,12H2,1-2H3,(H,13,14). The molecule has 0 aliphatic carbocycles. The average molecular weight is 193 g/mol. The Bertz CT molecular complexity index is 345. The molecule has 1 aromatic rings. The number of benzene rings is 1. The van der Waals surface area contributed by atoms with Crippen molar-refractivity contribution in [2.45, 2.75) is 26.3 Å². The average Bonchev–Trinajstić information content (AvgIpc) is 2.07. The maximum atomic E-state index is 10.8. The molecule has 1 aromatic carbocycles. The van der Waals surface area contributed by atoms with E-state index in [-0.39, 0.29) is 6.04 Å². The van der Waals surface area contributed by atoms with Crippen LogP contribution in [0, 0.1) is 6.92 Å². The number of carboxylic acids is 1. The van der Waals surface area contributed by atoms with Gasteiger partial charge in [-0.05, 0) is 37.5 Å². The zero-order valence-electron chi connectivity index (χ0n) is 8.45. The number of hydrogen-bond acceptors (Lipinski definition) is 2. The number of rotatable bonds is 3. The molecule has 0 amide bonds. The topological polar surface area (TPSA) is 63.3 Å². The summed E-state index contributed by atoms with van der Waals surface area (Å²) in [5, 5.41) is 8.89. The van der Waals surface area contributed by atoms with E-state index >= 15 is 0 Å². The number of nitrogens with two attached hydrogens (primary N) is 1. The second-order valence-electron chi connectivity index (χ2n) is 3.64. The van der Waals surface area contributed by atoms with Crippen molar-refractivity contribution in [3.63, 3.8) is 0 Å². The molecular formula is C11H15NO2. The molecule has 0 aliphatic heterocycles. The fourth-order valence-corrected chi connectivity index (χ4v) is 1.40. The van der Waals surface area contributed by atoms with Gasteiger partial charge in [0, 0.05) is 6.04 Å². The van der Waals surface area contributed by atoms with Gasteiger partial charge in [0.1, 0.15) is 0 Å². The lowest BCUT2D eigenvalue weighted by Gasteiger charge is -2.07. The van der Waals surface area contributed by atoms with E-state index in [0.717, 1.165) is 11.1 Å². The minimum Gasteiger partial charge on any atom is -0.478 e. The van der Waals surface area contributed by atoms with Crippen LogP contribution in [0.3, 0.4) is 0 Å². The Labute approximate surface area is 83.6 Å². The summed E-state index contributed by atoms with van der Waals surface area (Å²) >= 11 is 0. The van der Waals surface area contributed by atoms with Crippen LogP contribution >= 0.6 is 0 Å². The first kappa shape index (κ1) is 10.7. The first-order chi connectivity index (χ1) is 6.50. The zero-order valence-corrected chi connectivity index (χ0v) is 8.45. The zero-order chi connectivity index (χ0) is 10.7. The molecule has 1 rings (SSSR count). The third-order valence-electron chi connectivity index (χ3n) is 2.09. The van der Waals surface area contributed by atoms with Crippen LogP contribution in [-0.2, 0) is 6.42 Å². The molecule has 0 saturated heterocycles. The lowest BCUT2D eigenvalue weighted by atomic mass is 10.0. The van der Waals surface area contributed by atoms with E-state index in [2.05, 4.69) is 0 Å². The summed E-state index contributed by atoms with van der Waals surface area (Å²) in [5.74, 6) is -0.881. The van der Waals surface area contributed by atoms with Gasteiger partial charge in [0.15, 0.2) is 0 Å². The minimum atomic E-state index is -0.881. The smallest absolute Gasteiger partial charge is 0.335 e. The fraction of sp³-hybridized carbons (Fsp3) is 0.364. The fourth-order valence-electron chi connectivity index (χ4n) is 1.40. The third-order valence-corrected chi connectivity index (χ3v) is 2.09. The highest BCUT2D eigenvalue weighted by atomic mass is 16.4. The van der Waals surface area contributed by atoms with Gasteiger partial charge in [-0.15, -0.1) is 0 Å². The summed E-state index contributed by atoms with van der Waals surface area (Å²) < 4.78 is 0. The number of carboxylic acid groups (broad SMARTS) is 1. The highest BCUT2D eigenvalue weighted by Gasteiger charge is 2.08. The molecule has 0 aliphatic rings. The molecule has 0 heterocycles. The molecule has 1 unspecified atom stereocenters. The molecule has 0 saturated carbocycles. The summed E-state index contributed by atoms with van der Waals surface area (Å²) in [4.78, 5) is 10.8. The second kappa shape index (κ2) is 4.24. The van der Waals surface area contributed by atoms with Gasteiger partial charge in [-0.1, -0.05) is 12.1 Å². The second-order valence-corrected chi connectivity index (χ2v) is 3.64. The summed E-state index contributed by atoms with van der Waals surface area (Å²) in [7, 11) is 0. The van der Waals surface area contributed by atoms with Crippen molar-refractivity contribution in [1.29, 1.82) is 0 Å². The van der Waals surface area contributed by atoms with E-state index in [1.807, 2.05) is 19.1 Å². The Morgan fingerprint density at radius 1 is 1.57 bits per heavy atom. The van der Waals surface area contributed by atoms with E-state index in [4.69, 9.17) is 10.8 Å². The van der Waals surface area contributed by atoms with Crippen molar-refractivity contribution in [2.24, 2.45) is 5.73 Å². The van der Waals surface area contributed by atoms with Crippen LogP contribution in [-0.4, -0.2) is 17.1 Å². The summed E-state index contributed by atoms with van der Waals surface area (Å²) in [6.45, 7) is 3.69. The van der Waals surface area contributed by atoms with Crippen LogP contribution in [0.1, 0.15) is 28.4 Å². The number of aryl methyl sites for hydroxylation is 1. The Morgan fingerprint density at radius 2 is 2.21 bits per heavy atom. The van der Waals surface area contributed by atoms with Gasteiger partial charge in [0.2, 0.25) is 0 Å². The number of aromatic carboxylic acids is 1. The molecular weight excluding hydrogens is 178 g/mol. The molecule has 0 fully saturated rings. The summed E-state index contributed by atoms with van der Waals surface area (Å²) in [5.41, 5.74) is 7.76. The van der Waals surface area contributed by atoms with Crippen LogP contribution < -0.4 is 5.73 Å². The lowest BCUT2D eigenvalue weighted by molar-refractivity contribution is 0.0696. The monoisotopic (exact) mass is 193 g/mol. The van der Waals surface area contributed by atoms with E-state index in [1.165, 1.54) is 0 Å². The summed E-state index contributed by atoms with van der Waals surface area (Å²) in [6, 6.07) is 5.49. The van der Waals surface area contributed by atoms with Crippen molar-refractivity contribution < 1.29 is 9.90 Å². The first-order valence-electron chi connectivity index (χ1n) is 4.59. The first-order valence-corrected chi connectivity index (χ1v) is 4.59. The largest absolute Gasteiger partial charge is 0.478 e. The van der Waals surface area contributed by atoms with Crippen molar-refractivity contribution >= 4 is 5.97 Å². The molecule has 1 atom stereocenters. The predicted octanol–water partition coefficient (Wildman–Crippen LogP) is 1.58. The Hall–Kier alpha value is -1.35. The van der Waals surface area contributed by atoms with Gasteiger partial charge in [-0.3, -0.25) is 0 Å².